The molecule has 0 saturated carbocycles. The highest BCUT2D eigenvalue weighted by Crippen LogP contribution is 2.21. The number of anilines is 1. The zero-order chi connectivity index (χ0) is 15.7. The summed E-state index contributed by atoms with van der Waals surface area (Å²) in [6.45, 7) is 4.07. The molecule has 3 N–H and O–H groups in total. The van der Waals surface area contributed by atoms with Crippen molar-refractivity contribution in [3.8, 4) is 0 Å². The number of aromatic amines is 2. The van der Waals surface area contributed by atoms with Gasteiger partial charge in [0.1, 0.15) is 0 Å². The van der Waals surface area contributed by atoms with Gasteiger partial charge in [-0.25, -0.2) is 4.79 Å². The van der Waals surface area contributed by atoms with Crippen molar-refractivity contribution in [3.63, 3.8) is 0 Å². The third kappa shape index (κ3) is 2.55. The van der Waals surface area contributed by atoms with Crippen LogP contribution in [0.2, 0.25) is 0 Å². The van der Waals surface area contributed by atoms with E-state index in [1.807, 2.05) is 44.3 Å². The number of fused-ring (bicyclic) bond motifs is 1. The van der Waals surface area contributed by atoms with Gasteiger partial charge in [0.2, 0.25) is 5.91 Å². The van der Waals surface area contributed by atoms with Crippen molar-refractivity contribution < 1.29 is 4.79 Å². The van der Waals surface area contributed by atoms with E-state index in [2.05, 4.69) is 15.3 Å². The maximum Gasteiger partial charge on any atom is 0.325 e. The molecule has 6 nitrogen and oxygen atoms in total. The van der Waals surface area contributed by atoms with Gasteiger partial charge in [0.05, 0.1) is 11.2 Å². The third-order valence-corrected chi connectivity index (χ3v) is 3.91. The minimum atomic E-state index is -0.172. The van der Waals surface area contributed by atoms with Crippen LogP contribution in [0.15, 0.2) is 35.3 Å². The molecule has 2 heterocycles. The summed E-state index contributed by atoms with van der Waals surface area (Å²) >= 11 is 0. The SMILES string of the molecule is Cc1[nH]c(=O)n(CCC(=O)Nc2cccc3cc[nH]c23)c1C. The second-order valence-corrected chi connectivity index (χ2v) is 5.34. The number of hydrogen-bond acceptors (Lipinski definition) is 2. The van der Waals surface area contributed by atoms with Gasteiger partial charge in [0.15, 0.2) is 0 Å². The topological polar surface area (TPSA) is 82.7 Å². The lowest BCUT2D eigenvalue weighted by molar-refractivity contribution is -0.116. The molecule has 0 spiro atoms. The number of hydrogen-bond donors (Lipinski definition) is 3. The van der Waals surface area contributed by atoms with E-state index in [0.29, 0.717) is 6.54 Å². The molecule has 0 atom stereocenters. The molecule has 22 heavy (non-hydrogen) atoms. The van der Waals surface area contributed by atoms with E-state index >= 15 is 0 Å². The minimum absolute atomic E-state index is 0.118. The van der Waals surface area contributed by atoms with Crippen molar-refractivity contribution in [2.75, 3.05) is 5.32 Å². The predicted octanol–water partition coefficient (Wildman–Crippen LogP) is 2.30. The van der Waals surface area contributed by atoms with Gasteiger partial charge in [-0.15, -0.1) is 0 Å². The Kier molecular flexibility index (Phi) is 3.58. The van der Waals surface area contributed by atoms with Crippen LogP contribution in [0.1, 0.15) is 17.8 Å². The number of H-pyrrole nitrogens is 2. The molecule has 0 aliphatic rings. The van der Waals surface area contributed by atoms with Crippen molar-refractivity contribution in [2.45, 2.75) is 26.8 Å². The Labute approximate surface area is 127 Å². The molecular weight excluding hydrogens is 280 g/mol. The molecule has 3 aromatic rings. The Bertz CT molecular complexity index is 885. The van der Waals surface area contributed by atoms with Crippen LogP contribution in [-0.2, 0) is 11.3 Å². The van der Waals surface area contributed by atoms with Gasteiger partial charge in [-0.05, 0) is 26.0 Å². The Morgan fingerprint density at radius 3 is 2.82 bits per heavy atom. The van der Waals surface area contributed by atoms with Gasteiger partial charge in [-0.1, -0.05) is 12.1 Å². The number of nitrogens with one attached hydrogen (secondary N) is 3. The van der Waals surface area contributed by atoms with E-state index in [-0.39, 0.29) is 18.0 Å². The average Bonchev–Trinajstić information content (AvgIpc) is 3.04. The predicted molar refractivity (Wildman–Crippen MR) is 86.1 cm³/mol. The van der Waals surface area contributed by atoms with Crippen LogP contribution in [0.25, 0.3) is 10.9 Å². The van der Waals surface area contributed by atoms with E-state index in [0.717, 1.165) is 28.0 Å². The molecule has 0 fully saturated rings. The van der Waals surface area contributed by atoms with Crippen molar-refractivity contribution >= 4 is 22.5 Å². The fourth-order valence-electron chi connectivity index (χ4n) is 2.56. The molecule has 114 valence electrons. The van der Waals surface area contributed by atoms with Crippen molar-refractivity contribution in [1.29, 1.82) is 0 Å². The summed E-state index contributed by atoms with van der Waals surface area (Å²) in [5.74, 6) is -0.118. The molecule has 1 amide bonds. The molecule has 0 bridgehead atoms. The highest BCUT2D eigenvalue weighted by Gasteiger charge is 2.10. The highest BCUT2D eigenvalue weighted by molar-refractivity contribution is 6.00. The average molecular weight is 298 g/mol. The Morgan fingerprint density at radius 1 is 1.27 bits per heavy atom. The van der Waals surface area contributed by atoms with Gasteiger partial charge >= 0.3 is 5.69 Å². The summed E-state index contributed by atoms with van der Waals surface area (Å²) in [6, 6.07) is 7.69. The van der Waals surface area contributed by atoms with Crippen LogP contribution < -0.4 is 11.0 Å². The second-order valence-electron chi connectivity index (χ2n) is 5.34. The summed E-state index contributed by atoms with van der Waals surface area (Å²) < 4.78 is 1.59. The number of rotatable bonds is 4. The van der Waals surface area contributed by atoms with Crippen LogP contribution >= 0.6 is 0 Å². The normalized spacial score (nSPS) is 11.0. The Hall–Kier alpha value is -2.76. The molecule has 0 radical (unpaired) electrons. The van der Waals surface area contributed by atoms with Gasteiger partial charge in [0.25, 0.3) is 0 Å². The van der Waals surface area contributed by atoms with E-state index in [1.165, 1.54) is 0 Å². The minimum Gasteiger partial charge on any atom is -0.359 e. The number of nitrogens with zero attached hydrogens (tertiary/aromatic N) is 1. The Balaban J connectivity index is 1.70. The maximum absolute atomic E-state index is 12.1. The number of benzene rings is 1. The molecule has 0 unspecified atom stereocenters. The first-order chi connectivity index (χ1) is 10.6. The van der Waals surface area contributed by atoms with Gasteiger partial charge in [-0.3, -0.25) is 9.36 Å². The van der Waals surface area contributed by atoms with E-state index in [4.69, 9.17) is 0 Å². The van der Waals surface area contributed by atoms with Crippen LogP contribution in [0.4, 0.5) is 5.69 Å². The lowest BCUT2D eigenvalue weighted by atomic mass is 10.2. The van der Waals surface area contributed by atoms with Gasteiger partial charge in [-0.2, -0.15) is 0 Å². The maximum atomic E-state index is 12.1. The Morgan fingerprint density at radius 2 is 2.09 bits per heavy atom. The monoisotopic (exact) mass is 298 g/mol. The van der Waals surface area contributed by atoms with E-state index in [1.54, 1.807) is 4.57 Å². The smallest absolute Gasteiger partial charge is 0.325 e. The zero-order valence-electron chi connectivity index (χ0n) is 12.6. The quantitative estimate of drug-likeness (QED) is 0.690. The highest BCUT2D eigenvalue weighted by atomic mass is 16.2. The number of carbonyl (C=O) groups is 1. The molecule has 0 aliphatic heterocycles. The van der Waals surface area contributed by atoms with Crippen molar-refractivity contribution in [3.05, 3.63) is 52.3 Å². The lowest BCUT2D eigenvalue weighted by Crippen LogP contribution is -2.22. The van der Waals surface area contributed by atoms with Crippen LogP contribution in [0, 0.1) is 13.8 Å². The molecule has 6 heteroatoms. The second kappa shape index (κ2) is 5.55. The number of aromatic nitrogens is 3. The number of para-hydroxylation sites is 1. The third-order valence-electron chi connectivity index (χ3n) is 3.91. The largest absolute Gasteiger partial charge is 0.359 e. The van der Waals surface area contributed by atoms with Gasteiger partial charge in [0, 0.05) is 35.9 Å². The summed E-state index contributed by atoms with van der Waals surface area (Å²) in [7, 11) is 0. The molecule has 0 aliphatic carbocycles. The molecular formula is C16H18N4O2. The molecule has 1 aromatic carbocycles. The number of aryl methyl sites for hydroxylation is 1. The zero-order valence-corrected chi connectivity index (χ0v) is 12.6. The van der Waals surface area contributed by atoms with Gasteiger partial charge < -0.3 is 15.3 Å². The molecule has 0 saturated heterocycles. The number of amides is 1. The number of carbonyl (C=O) groups excluding carboxylic acids is 1. The summed E-state index contributed by atoms with van der Waals surface area (Å²) in [5, 5.41) is 3.94. The van der Waals surface area contributed by atoms with Crippen molar-refractivity contribution in [1.82, 2.24) is 14.5 Å². The van der Waals surface area contributed by atoms with E-state index in [9.17, 15) is 9.59 Å². The van der Waals surface area contributed by atoms with Crippen LogP contribution in [-0.4, -0.2) is 20.4 Å². The van der Waals surface area contributed by atoms with Crippen molar-refractivity contribution in [2.24, 2.45) is 0 Å². The first-order valence-electron chi connectivity index (χ1n) is 7.18. The molecule has 3 rings (SSSR count). The van der Waals surface area contributed by atoms with E-state index < -0.39 is 0 Å². The standard InChI is InChI=1S/C16H18N4O2/c1-10-11(2)20(16(22)18-10)9-7-14(21)19-13-5-3-4-12-6-8-17-15(12)13/h3-6,8,17H,7,9H2,1-2H3,(H,18,22)(H,19,21). The van der Waals surface area contributed by atoms with Crippen LogP contribution in [0.5, 0.6) is 0 Å². The first kappa shape index (κ1) is 14.2. The van der Waals surface area contributed by atoms with Crippen LogP contribution in [0.3, 0.4) is 0 Å². The fourth-order valence-corrected chi connectivity index (χ4v) is 2.56. The summed E-state index contributed by atoms with van der Waals surface area (Å²) in [6.07, 6.45) is 2.08. The first-order valence-corrected chi connectivity index (χ1v) is 7.18. The summed E-state index contributed by atoms with van der Waals surface area (Å²) in [5.41, 5.74) is 3.18. The lowest BCUT2D eigenvalue weighted by Gasteiger charge is -2.08. The fraction of sp³-hybridized carbons (Fsp3) is 0.250. The summed E-state index contributed by atoms with van der Waals surface area (Å²) in [4.78, 5) is 29.7. The molecule has 2 aromatic heterocycles. The number of imidazole rings is 1.